The van der Waals surface area contributed by atoms with Crippen LogP contribution in [0.4, 0.5) is 0 Å². The summed E-state index contributed by atoms with van der Waals surface area (Å²) in [5.74, 6) is 0. The molecule has 0 bridgehead atoms. The summed E-state index contributed by atoms with van der Waals surface area (Å²) in [5.41, 5.74) is 13.6. The van der Waals surface area contributed by atoms with E-state index in [0.29, 0.717) is 12.8 Å². The van der Waals surface area contributed by atoms with Crippen LogP contribution < -0.4 is 0 Å². The molecule has 0 amide bonds. The minimum absolute atomic E-state index is 0.0345. The second-order valence-corrected chi connectivity index (χ2v) is 13.8. The Morgan fingerprint density at radius 1 is 0.333 bits per heavy atom. The molecule has 1 aliphatic rings. The Kier molecular flexibility index (Phi) is 7.85. The molecule has 0 aromatic heterocycles. The Bertz CT molecular complexity index is 2350. The summed E-state index contributed by atoms with van der Waals surface area (Å²) < 4.78 is 0. The van der Waals surface area contributed by atoms with Gasteiger partial charge in [0.15, 0.2) is 0 Å². The summed E-state index contributed by atoms with van der Waals surface area (Å²) in [7, 11) is 0. The van der Waals surface area contributed by atoms with Crippen LogP contribution in [-0.2, 0) is 5.41 Å². The maximum Gasteiger partial charge on any atom is 0.0442 e. The molecule has 0 spiro atoms. The Labute approximate surface area is 298 Å². The van der Waals surface area contributed by atoms with Gasteiger partial charge in [0, 0.05) is 18.6 Å². The average molecular weight is 659 g/mol. The predicted molar refractivity (Wildman–Crippen MR) is 213 cm³/mol. The van der Waals surface area contributed by atoms with Crippen LogP contribution in [0, 0.1) is 0 Å². The van der Waals surface area contributed by atoms with Crippen LogP contribution in [0.1, 0.15) is 24.0 Å². The minimum atomic E-state index is -0.494. The Morgan fingerprint density at radius 2 is 0.706 bits per heavy atom. The molecule has 0 radical (unpaired) electrons. The normalized spacial score (nSPS) is 13.0. The second kappa shape index (κ2) is 12.8. The van der Waals surface area contributed by atoms with Crippen LogP contribution in [0.2, 0.25) is 0 Å². The standard InChI is InChI=1S/C49H38O2/c50-29-27-49(28-30-51)47-31-39(33-15-19-37(20-16-33)43-13-5-9-35-7-1-3-11-41(35)43)23-25-45(47)46-26-24-40(32-48(46)49)34-17-21-38(22-18-34)44-14-6-10-36-8-2-4-12-42(36)44/h1-26,31-32,50-51H,27-30H2. The molecule has 0 saturated carbocycles. The highest BCUT2D eigenvalue weighted by molar-refractivity contribution is 5.98. The molecule has 0 atom stereocenters. The molecule has 8 aromatic carbocycles. The molecule has 0 saturated heterocycles. The van der Waals surface area contributed by atoms with E-state index >= 15 is 0 Å². The lowest BCUT2D eigenvalue weighted by atomic mass is 9.72. The first-order valence-electron chi connectivity index (χ1n) is 17.9. The van der Waals surface area contributed by atoms with Crippen molar-refractivity contribution in [2.45, 2.75) is 18.3 Å². The molecule has 246 valence electrons. The van der Waals surface area contributed by atoms with Gasteiger partial charge in [-0.05, 0) is 113 Å². The van der Waals surface area contributed by atoms with E-state index in [2.05, 4.69) is 170 Å². The number of hydrogen-bond donors (Lipinski definition) is 2. The predicted octanol–water partition coefficient (Wildman–Crippen LogP) is 11.7. The highest BCUT2D eigenvalue weighted by Gasteiger charge is 2.42. The highest BCUT2D eigenvalue weighted by Crippen LogP contribution is 2.54. The largest absolute Gasteiger partial charge is 0.396 e. The fraction of sp³-hybridized carbons (Fsp3) is 0.102. The van der Waals surface area contributed by atoms with E-state index < -0.39 is 5.41 Å². The van der Waals surface area contributed by atoms with Crippen molar-refractivity contribution in [3.63, 3.8) is 0 Å². The Hall–Kier alpha value is -5.80. The van der Waals surface area contributed by atoms with E-state index in [1.54, 1.807) is 0 Å². The molecule has 0 heterocycles. The molecule has 1 aliphatic carbocycles. The van der Waals surface area contributed by atoms with Crippen molar-refractivity contribution in [1.29, 1.82) is 0 Å². The van der Waals surface area contributed by atoms with Gasteiger partial charge in [0.2, 0.25) is 0 Å². The van der Waals surface area contributed by atoms with Crippen molar-refractivity contribution < 1.29 is 10.2 Å². The van der Waals surface area contributed by atoms with Crippen molar-refractivity contribution in [1.82, 2.24) is 0 Å². The van der Waals surface area contributed by atoms with Crippen LogP contribution in [0.5, 0.6) is 0 Å². The number of aliphatic hydroxyl groups is 2. The SMILES string of the molecule is OCCC1(CCO)c2cc(-c3ccc(-c4cccc5ccccc45)cc3)ccc2-c2ccc(-c3ccc(-c4cccc5ccccc45)cc3)cc21. The third-order valence-electron chi connectivity index (χ3n) is 11.1. The fourth-order valence-electron chi connectivity index (χ4n) is 8.54. The molecule has 0 aliphatic heterocycles. The van der Waals surface area contributed by atoms with Crippen LogP contribution in [0.15, 0.2) is 170 Å². The fourth-order valence-corrected chi connectivity index (χ4v) is 8.54. The summed E-state index contributed by atoms with van der Waals surface area (Å²) in [6.07, 6.45) is 1.08. The molecular weight excluding hydrogens is 621 g/mol. The molecular formula is C49H38O2. The minimum Gasteiger partial charge on any atom is -0.396 e. The zero-order chi connectivity index (χ0) is 34.4. The van der Waals surface area contributed by atoms with Gasteiger partial charge in [0.1, 0.15) is 0 Å². The molecule has 2 heteroatoms. The van der Waals surface area contributed by atoms with Crippen LogP contribution in [0.25, 0.3) is 77.2 Å². The lowest BCUT2D eigenvalue weighted by Gasteiger charge is -2.31. The first kappa shape index (κ1) is 31.2. The van der Waals surface area contributed by atoms with Gasteiger partial charge in [-0.2, -0.15) is 0 Å². The van der Waals surface area contributed by atoms with Crippen LogP contribution in [0.3, 0.4) is 0 Å². The third kappa shape index (κ3) is 5.27. The van der Waals surface area contributed by atoms with Crippen molar-refractivity contribution in [2.75, 3.05) is 13.2 Å². The van der Waals surface area contributed by atoms with E-state index in [9.17, 15) is 10.2 Å². The van der Waals surface area contributed by atoms with E-state index in [0.717, 1.165) is 22.3 Å². The smallest absolute Gasteiger partial charge is 0.0442 e. The first-order chi connectivity index (χ1) is 25.2. The van der Waals surface area contributed by atoms with Gasteiger partial charge >= 0.3 is 0 Å². The van der Waals surface area contributed by atoms with Crippen molar-refractivity contribution in [2.24, 2.45) is 0 Å². The molecule has 8 aromatic rings. The number of rotatable bonds is 8. The zero-order valence-corrected chi connectivity index (χ0v) is 28.4. The second-order valence-electron chi connectivity index (χ2n) is 13.8. The summed E-state index contributed by atoms with van der Waals surface area (Å²) in [6, 6.07) is 61.2. The van der Waals surface area contributed by atoms with Gasteiger partial charge < -0.3 is 10.2 Å². The number of hydrogen-bond acceptors (Lipinski definition) is 2. The van der Waals surface area contributed by atoms with E-state index in [4.69, 9.17) is 0 Å². The van der Waals surface area contributed by atoms with E-state index in [-0.39, 0.29) is 13.2 Å². The molecule has 2 N–H and O–H groups in total. The van der Waals surface area contributed by atoms with E-state index in [1.807, 2.05) is 0 Å². The van der Waals surface area contributed by atoms with Gasteiger partial charge in [-0.25, -0.2) is 0 Å². The van der Waals surface area contributed by atoms with Crippen LogP contribution >= 0.6 is 0 Å². The van der Waals surface area contributed by atoms with Crippen molar-refractivity contribution in [3.8, 4) is 55.6 Å². The molecule has 2 nitrogen and oxygen atoms in total. The number of fused-ring (bicyclic) bond motifs is 5. The molecule has 9 rings (SSSR count). The number of aliphatic hydroxyl groups excluding tert-OH is 2. The topological polar surface area (TPSA) is 40.5 Å². The monoisotopic (exact) mass is 658 g/mol. The molecule has 51 heavy (non-hydrogen) atoms. The maximum absolute atomic E-state index is 10.5. The summed E-state index contributed by atoms with van der Waals surface area (Å²) >= 11 is 0. The van der Waals surface area contributed by atoms with E-state index in [1.165, 1.54) is 66.1 Å². The van der Waals surface area contributed by atoms with Gasteiger partial charge in [0.25, 0.3) is 0 Å². The van der Waals surface area contributed by atoms with Crippen molar-refractivity contribution >= 4 is 21.5 Å². The lowest BCUT2D eigenvalue weighted by Crippen LogP contribution is -2.28. The molecule has 0 unspecified atom stereocenters. The molecule has 0 fully saturated rings. The quantitative estimate of drug-likeness (QED) is 0.171. The van der Waals surface area contributed by atoms with Crippen LogP contribution in [-0.4, -0.2) is 23.4 Å². The third-order valence-corrected chi connectivity index (χ3v) is 11.1. The van der Waals surface area contributed by atoms with Crippen molar-refractivity contribution in [3.05, 3.63) is 181 Å². The van der Waals surface area contributed by atoms with Gasteiger partial charge in [-0.1, -0.05) is 158 Å². The lowest BCUT2D eigenvalue weighted by molar-refractivity contribution is 0.213. The summed E-state index contributed by atoms with van der Waals surface area (Å²) in [6.45, 7) is 0.0690. The number of benzene rings is 8. The summed E-state index contributed by atoms with van der Waals surface area (Å²) in [4.78, 5) is 0. The maximum atomic E-state index is 10.5. The highest BCUT2D eigenvalue weighted by atomic mass is 16.3. The average Bonchev–Trinajstić information content (AvgIpc) is 3.45. The Morgan fingerprint density at radius 3 is 1.14 bits per heavy atom. The Balaban J connectivity index is 1.08. The van der Waals surface area contributed by atoms with Gasteiger partial charge in [0.05, 0.1) is 0 Å². The first-order valence-corrected chi connectivity index (χ1v) is 17.9. The van der Waals surface area contributed by atoms with Gasteiger partial charge in [-0.3, -0.25) is 0 Å². The summed E-state index contributed by atoms with van der Waals surface area (Å²) in [5, 5.41) is 26.0. The van der Waals surface area contributed by atoms with Gasteiger partial charge in [-0.15, -0.1) is 0 Å². The zero-order valence-electron chi connectivity index (χ0n) is 28.4.